The highest BCUT2D eigenvalue weighted by molar-refractivity contribution is 7.90. The first-order valence-corrected chi connectivity index (χ1v) is 7.30. The van der Waals surface area contributed by atoms with Gasteiger partial charge in [-0.15, -0.1) is 0 Å². The number of carboxylic acid groups (broad SMARTS) is 1. The number of hydrogen-bond acceptors (Lipinski definition) is 4. The molecule has 1 aromatic rings. The third kappa shape index (κ3) is 3.64. The van der Waals surface area contributed by atoms with Crippen molar-refractivity contribution in [1.82, 2.24) is 0 Å². The highest BCUT2D eigenvalue weighted by Gasteiger charge is 2.57. The Hall–Kier alpha value is -1.91. The van der Waals surface area contributed by atoms with Crippen LogP contribution in [0.1, 0.15) is 15.9 Å². The molecule has 0 fully saturated rings. The molecule has 1 rings (SSSR count). The van der Waals surface area contributed by atoms with Gasteiger partial charge in [0, 0.05) is 18.2 Å². The van der Waals surface area contributed by atoms with Gasteiger partial charge < -0.3 is 10.2 Å². The van der Waals surface area contributed by atoms with Gasteiger partial charge in [-0.3, -0.25) is 0 Å². The lowest BCUT2D eigenvalue weighted by molar-refractivity contribution is -0.281. The first-order chi connectivity index (χ1) is 9.67. The van der Waals surface area contributed by atoms with Crippen LogP contribution in [0.3, 0.4) is 0 Å². The number of aromatic carboxylic acids is 1. The fourth-order valence-electron chi connectivity index (χ4n) is 1.52. The normalized spacial score (nSPS) is 13.2. The molecule has 0 aliphatic carbocycles. The molecular formula is C11H9F5O5S. The number of aromatic hydroxyl groups is 1. The Morgan fingerprint density at radius 2 is 1.68 bits per heavy atom. The van der Waals surface area contributed by atoms with E-state index in [1.165, 1.54) is 0 Å². The van der Waals surface area contributed by atoms with Crippen molar-refractivity contribution in [3.05, 3.63) is 23.3 Å². The lowest BCUT2D eigenvalue weighted by Gasteiger charge is -2.20. The summed E-state index contributed by atoms with van der Waals surface area (Å²) in [4.78, 5) is 10.1. The van der Waals surface area contributed by atoms with Gasteiger partial charge in [-0.2, -0.15) is 22.0 Å². The molecule has 0 aromatic heterocycles. The van der Waals surface area contributed by atoms with Gasteiger partial charge in [0.25, 0.3) is 0 Å². The van der Waals surface area contributed by atoms with Crippen LogP contribution in [0.15, 0.2) is 17.0 Å². The van der Waals surface area contributed by atoms with E-state index in [0.717, 1.165) is 0 Å². The van der Waals surface area contributed by atoms with E-state index < -0.39 is 56.1 Å². The van der Waals surface area contributed by atoms with E-state index in [1.54, 1.807) is 0 Å². The Labute approximate surface area is 120 Å². The number of hydrogen-bond donors (Lipinski definition) is 2. The Balaban J connectivity index is 3.55. The van der Waals surface area contributed by atoms with Gasteiger partial charge in [0.2, 0.25) is 0 Å². The average molecular weight is 348 g/mol. The summed E-state index contributed by atoms with van der Waals surface area (Å²) >= 11 is 0. The summed E-state index contributed by atoms with van der Waals surface area (Å²) in [5.74, 6) is -8.49. The lowest BCUT2D eigenvalue weighted by Crippen LogP contribution is -2.38. The second-order valence-electron chi connectivity index (χ2n) is 4.43. The lowest BCUT2D eigenvalue weighted by atomic mass is 10.0. The van der Waals surface area contributed by atoms with Crippen LogP contribution in [0.5, 0.6) is 5.75 Å². The molecule has 0 atom stereocenters. The van der Waals surface area contributed by atoms with E-state index in [0.29, 0.717) is 18.4 Å². The average Bonchev–Trinajstić information content (AvgIpc) is 2.27. The van der Waals surface area contributed by atoms with Crippen molar-refractivity contribution >= 4 is 15.8 Å². The molecule has 1 aromatic carbocycles. The summed E-state index contributed by atoms with van der Waals surface area (Å²) < 4.78 is 85.3. The van der Waals surface area contributed by atoms with Crippen LogP contribution < -0.4 is 0 Å². The van der Waals surface area contributed by atoms with E-state index in [2.05, 4.69) is 0 Å². The Morgan fingerprint density at radius 1 is 1.18 bits per heavy atom. The van der Waals surface area contributed by atoms with Gasteiger partial charge in [0.1, 0.15) is 11.3 Å². The third-order valence-electron chi connectivity index (χ3n) is 2.65. The molecule has 0 heterocycles. The van der Waals surface area contributed by atoms with Crippen LogP contribution in [0.25, 0.3) is 0 Å². The quantitative estimate of drug-likeness (QED) is 0.814. The zero-order valence-electron chi connectivity index (χ0n) is 10.8. The standard InChI is InChI=1S/C11H9F5O5S/c1-22(20,21)6-2-5(4-10(12,13)11(14,15)16)8(17)7(3-6)9(18)19/h2-3,17H,4H2,1H3,(H,18,19). The molecule has 0 aliphatic rings. The van der Waals surface area contributed by atoms with E-state index in [4.69, 9.17) is 5.11 Å². The molecule has 5 nitrogen and oxygen atoms in total. The zero-order chi connectivity index (χ0) is 17.5. The maximum atomic E-state index is 13.0. The molecule has 2 N–H and O–H groups in total. The Kier molecular flexibility index (Phi) is 4.43. The van der Waals surface area contributed by atoms with Crippen LogP contribution in [0.2, 0.25) is 0 Å². The summed E-state index contributed by atoms with van der Waals surface area (Å²) in [6.45, 7) is 0. The summed E-state index contributed by atoms with van der Waals surface area (Å²) in [5, 5.41) is 18.3. The number of halogens is 5. The van der Waals surface area contributed by atoms with Crippen LogP contribution in [0, 0.1) is 0 Å². The van der Waals surface area contributed by atoms with Crippen LogP contribution in [0.4, 0.5) is 22.0 Å². The molecule has 124 valence electrons. The number of carboxylic acids is 1. The molecule has 0 radical (unpaired) electrons. The molecule has 11 heteroatoms. The van der Waals surface area contributed by atoms with Gasteiger partial charge in [-0.05, 0) is 12.1 Å². The summed E-state index contributed by atoms with van der Waals surface area (Å²) in [6, 6.07) is 0.860. The van der Waals surface area contributed by atoms with Gasteiger partial charge in [-0.25, -0.2) is 13.2 Å². The van der Waals surface area contributed by atoms with Gasteiger partial charge in [0.05, 0.1) is 4.90 Å². The van der Waals surface area contributed by atoms with E-state index in [9.17, 15) is 40.3 Å². The SMILES string of the molecule is CS(=O)(=O)c1cc(CC(F)(F)C(F)(F)F)c(O)c(C(=O)O)c1. The van der Waals surface area contributed by atoms with Crippen molar-refractivity contribution < 1.29 is 45.4 Å². The van der Waals surface area contributed by atoms with Gasteiger partial charge in [-0.1, -0.05) is 0 Å². The topological polar surface area (TPSA) is 91.7 Å². The Bertz CT molecular complexity index is 708. The van der Waals surface area contributed by atoms with Crippen molar-refractivity contribution in [2.45, 2.75) is 23.4 Å². The second kappa shape index (κ2) is 5.38. The molecule has 0 bridgehead atoms. The van der Waals surface area contributed by atoms with Gasteiger partial charge >= 0.3 is 18.1 Å². The van der Waals surface area contributed by atoms with Crippen LogP contribution >= 0.6 is 0 Å². The second-order valence-corrected chi connectivity index (χ2v) is 6.45. The van der Waals surface area contributed by atoms with E-state index >= 15 is 0 Å². The molecule has 0 aliphatic heterocycles. The van der Waals surface area contributed by atoms with Crippen LogP contribution in [-0.4, -0.2) is 43.0 Å². The van der Waals surface area contributed by atoms with Crippen LogP contribution in [-0.2, 0) is 16.3 Å². The number of alkyl halides is 5. The number of rotatable bonds is 4. The molecule has 0 saturated heterocycles. The third-order valence-corrected chi connectivity index (χ3v) is 3.74. The number of benzene rings is 1. The molecule has 22 heavy (non-hydrogen) atoms. The van der Waals surface area contributed by atoms with Crippen molar-refractivity contribution in [2.75, 3.05) is 6.26 Å². The minimum Gasteiger partial charge on any atom is -0.507 e. The summed E-state index contributed by atoms with van der Waals surface area (Å²) in [7, 11) is -4.09. The van der Waals surface area contributed by atoms with Gasteiger partial charge in [0.15, 0.2) is 9.84 Å². The number of carbonyl (C=O) groups is 1. The van der Waals surface area contributed by atoms with Crippen molar-refractivity contribution in [2.24, 2.45) is 0 Å². The highest BCUT2D eigenvalue weighted by atomic mass is 32.2. The molecule has 0 spiro atoms. The minimum atomic E-state index is -5.94. The maximum absolute atomic E-state index is 13.0. The predicted octanol–water partition coefficient (Wildman–Crippen LogP) is 2.23. The monoisotopic (exact) mass is 348 g/mol. The van der Waals surface area contributed by atoms with Crippen molar-refractivity contribution in [1.29, 1.82) is 0 Å². The first-order valence-electron chi connectivity index (χ1n) is 5.40. The molecule has 0 unspecified atom stereocenters. The summed E-state index contributed by atoms with van der Waals surface area (Å²) in [6.07, 6.45) is -7.42. The number of sulfone groups is 1. The van der Waals surface area contributed by atoms with E-state index in [-0.39, 0.29) is 0 Å². The van der Waals surface area contributed by atoms with Crippen molar-refractivity contribution in [3.63, 3.8) is 0 Å². The first kappa shape index (κ1) is 18.1. The largest absolute Gasteiger partial charge is 0.507 e. The zero-order valence-corrected chi connectivity index (χ0v) is 11.6. The van der Waals surface area contributed by atoms with E-state index in [1.807, 2.05) is 0 Å². The minimum absolute atomic E-state index is 0.386. The smallest absolute Gasteiger partial charge is 0.453 e. The Morgan fingerprint density at radius 3 is 2.05 bits per heavy atom. The summed E-state index contributed by atoms with van der Waals surface area (Å²) in [5.41, 5.74) is -2.22. The number of phenols is 1. The fourth-order valence-corrected chi connectivity index (χ4v) is 2.20. The van der Waals surface area contributed by atoms with Crippen molar-refractivity contribution in [3.8, 4) is 5.75 Å². The predicted molar refractivity (Wildman–Crippen MR) is 62.9 cm³/mol. The molecule has 0 amide bonds. The highest BCUT2D eigenvalue weighted by Crippen LogP contribution is 2.40. The molecular weight excluding hydrogens is 339 g/mol. The fraction of sp³-hybridized carbons (Fsp3) is 0.364. The molecule has 0 saturated carbocycles. The maximum Gasteiger partial charge on any atom is 0.453 e.